The molecule has 1 amide bonds. The van der Waals surface area contributed by atoms with Crippen LogP contribution in [0.5, 0.6) is 11.5 Å². The Morgan fingerprint density at radius 1 is 0.913 bits per heavy atom. The Labute approximate surface area is 136 Å². The van der Waals surface area contributed by atoms with Gasteiger partial charge < -0.3 is 19.5 Å². The van der Waals surface area contributed by atoms with Crippen LogP contribution in [0.15, 0.2) is 48.5 Å². The molecule has 2 rings (SSSR count). The Morgan fingerprint density at radius 3 is 2.17 bits per heavy atom. The van der Waals surface area contributed by atoms with Crippen LogP contribution in [-0.4, -0.2) is 33.3 Å². The largest absolute Gasteiger partial charge is 0.497 e. The number of carbonyl (C=O) groups is 1. The molecule has 0 aromatic heterocycles. The molecule has 0 aliphatic rings. The van der Waals surface area contributed by atoms with Crippen LogP contribution in [-0.2, 0) is 11.3 Å². The van der Waals surface area contributed by atoms with Gasteiger partial charge in [0.1, 0.15) is 18.1 Å². The number of hydrogen-bond donors (Lipinski definition) is 1. The van der Waals surface area contributed by atoms with Gasteiger partial charge in [-0.05, 0) is 42.0 Å². The SMILES string of the molecule is COCCOc1ccc(C(=O)NCc2ccc(OC)cc2)cc1. The summed E-state index contributed by atoms with van der Waals surface area (Å²) in [6.45, 7) is 1.48. The topological polar surface area (TPSA) is 56.8 Å². The molecule has 5 nitrogen and oxygen atoms in total. The van der Waals surface area contributed by atoms with E-state index in [0.717, 1.165) is 11.3 Å². The fourth-order valence-electron chi connectivity index (χ4n) is 1.97. The first-order valence-electron chi connectivity index (χ1n) is 7.36. The molecule has 0 spiro atoms. The van der Waals surface area contributed by atoms with Crippen molar-refractivity contribution in [3.8, 4) is 11.5 Å². The van der Waals surface area contributed by atoms with E-state index in [9.17, 15) is 4.79 Å². The van der Waals surface area contributed by atoms with E-state index in [-0.39, 0.29) is 5.91 Å². The average Bonchev–Trinajstić information content (AvgIpc) is 2.61. The third-order valence-electron chi connectivity index (χ3n) is 3.28. The zero-order valence-electron chi connectivity index (χ0n) is 13.4. The molecule has 2 aromatic rings. The quantitative estimate of drug-likeness (QED) is 0.761. The summed E-state index contributed by atoms with van der Waals surface area (Å²) >= 11 is 0. The minimum atomic E-state index is -0.121. The molecule has 1 N–H and O–H groups in total. The number of hydrogen-bond acceptors (Lipinski definition) is 4. The lowest BCUT2D eigenvalue weighted by atomic mass is 10.2. The first kappa shape index (κ1) is 16.8. The first-order chi connectivity index (χ1) is 11.2. The normalized spacial score (nSPS) is 10.2. The fraction of sp³-hybridized carbons (Fsp3) is 0.278. The van der Waals surface area contributed by atoms with Crippen molar-refractivity contribution in [2.24, 2.45) is 0 Å². The summed E-state index contributed by atoms with van der Waals surface area (Å²) in [6, 6.07) is 14.6. The predicted octanol–water partition coefficient (Wildman–Crippen LogP) is 2.65. The first-order valence-corrected chi connectivity index (χ1v) is 7.36. The van der Waals surface area contributed by atoms with Crippen LogP contribution in [0.4, 0.5) is 0 Å². The van der Waals surface area contributed by atoms with Gasteiger partial charge in [0.05, 0.1) is 13.7 Å². The lowest BCUT2D eigenvalue weighted by Crippen LogP contribution is -2.22. The highest BCUT2D eigenvalue weighted by molar-refractivity contribution is 5.94. The molecular weight excluding hydrogens is 294 g/mol. The molecule has 0 saturated heterocycles. The highest BCUT2D eigenvalue weighted by Crippen LogP contribution is 2.13. The lowest BCUT2D eigenvalue weighted by molar-refractivity contribution is 0.0951. The predicted molar refractivity (Wildman–Crippen MR) is 88.0 cm³/mol. The van der Waals surface area contributed by atoms with E-state index in [1.165, 1.54) is 0 Å². The molecule has 0 radical (unpaired) electrons. The van der Waals surface area contributed by atoms with Gasteiger partial charge >= 0.3 is 0 Å². The molecule has 0 saturated carbocycles. The zero-order chi connectivity index (χ0) is 16.5. The second-order valence-corrected chi connectivity index (χ2v) is 4.90. The molecule has 2 aromatic carbocycles. The van der Waals surface area contributed by atoms with Crippen molar-refractivity contribution in [2.75, 3.05) is 27.4 Å². The number of rotatable bonds is 8. The Kier molecular flexibility index (Phi) is 6.44. The Balaban J connectivity index is 1.84. The summed E-state index contributed by atoms with van der Waals surface area (Å²) in [5, 5.41) is 2.88. The smallest absolute Gasteiger partial charge is 0.251 e. The molecule has 0 heterocycles. The van der Waals surface area contributed by atoms with Crippen molar-refractivity contribution in [1.29, 1.82) is 0 Å². The van der Waals surface area contributed by atoms with E-state index >= 15 is 0 Å². The minimum Gasteiger partial charge on any atom is -0.497 e. The maximum atomic E-state index is 12.1. The van der Waals surface area contributed by atoms with Crippen LogP contribution in [0.2, 0.25) is 0 Å². The van der Waals surface area contributed by atoms with Gasteiger partial charge in [0.25, 0.3) is 5.91 Å². The van der Waals surface area contributed by atoms with Crippen LogP contribution in [0.3, 0.4) is 0 Å². The number of amides is 1. The molecular formula is C18H21NO4. The second-order valence-electron chi connectivity index (χ2n) is 4.90. The highest BCUT2D eigenvalue weighted by Gasteiger charge is 2.05. The lowest BCUT2D eigenvalue weighted by Gasteiger charge is -2.08. The molecule has 0 fully saturated rings. The van der Waals surface area contributed by atoms with Crippen molar-refractivity contribution in [3.63, 3.8) is 0 Å². The third-order valence-corrected chi connectivity index (χ3v) is 3.28. The van der Waals surface area contributed by atoms with Gasteiger partial charge in [-0.1, -0.05) is 12.1 Å². The number of ether oxygens (including phenoxy) is 3. The summed E-state index contributed by atoms with van der Waals surface area (Å²) in [7, 11) is 3.25. The van der Waals surface area contributed by atoms with E-state index in [2.05, 4.69) is 5.32 Å². The zero-order valence-corrected chi connectivity index (χ0v) is 13.4. The van der Waals surface area contributed by atoms with Gasteiger partial charge in [-0.15, -0.1) is 0 Å². The molecule has 0 aliphatic carbocycles. The van der Waals surface area contributed by atoms with Crippen LogP contribution in [0, 0.1) is 0 Å². The summed E-state index contributed by atoms with van der Waals surface area (Å²) in [5.74, 6) is 1.39. The van der Waals surface area contributed by atoms with Gasteiger partial charge in [-0.3, -0.25) is 4.79 Å². The monoisotopic (exact) mass is 315 g/mol. The maximum absolute atomic E-state index is 12.1. The maximum Gasteiger partial charge on any atom is 0.251 e. The van der Waals surface area contributed by atoms with Crippen LogP contribution in [0.25, 0.3) is 0 Å². The number of methoxy groups -OCH3 is 2. The number of nitrogens with one attached hydrogen (secondary N) is 1. The Hall–Kier alpha value is -2.53. The molecule has 0 unspecified atom stereocenters. The van der Waals surface area contributed by atoms with E-state index < -0.39 is 0 Å². The fourth-order valence-corrected chi connectivity index (χ4v) is 1.97. The van der Waals surface area contributed by atoms with E-state index in [0.29, 0.717) is 31.1 Å². The van der Waals surface area contributed by atoms with Gasteiger partial charge in [0.2, 0.25) is 0 Å². The summed E-state index contributed by atoms with van der Waals surface area (Å²) < 4.78 is 15.5. The van der Waals surface area contributed by atoms with Crippen LogP contribution >= 0.6 is 0 Å². The summed E-state index contributed by atoms with van der Waals surface area (Å²) in [5.41, 5.74) is 1.61. The van der Waals surface area contributed by atoms with Gasteiger partial charge in [-0.25, -0.2) is 0 Å². The molecule has 0 atom stereocenters. The average molecular weight is 315 g/mol. The van der Waals surface area contributed by atoms with E-state index in [1.54, 1.807) is 38.5 Å². The van der Waals surface area contributed by atoms with E-state index in [4.69, 9.17) is 14.2 Å². The van der Waals surface area contributed by atoms with Crippen molar-refractivity contribution in [1.82, 2.24) is 5.32 Å². The van der Waals surface area contributed by atoms with Crippen LogP contribution < -0.4 is 14.8 Å². The summed E-state index contributed by atoms with van der Waals surface area (Å²) in [6.07, 6.45) is 0. The van der Waals surface area contributed by atoms with Crippen molar-refractivity contribution in [3.05, 3.63) is 59.7 Å². The Morgan fingerprint density at radius 2 is 1.57 bits per heavy atom. The molecule has 5 heteroatoms. The van der Waals surface area contributed by atoms with Gasteiger partial charge in [0, 0.05) is 19.2 Å². The minimum absolute atomic E-state index is 0.121. The van der Waals surface area contributed by atoms with Crippen molar-refractivity contribution >= 4 is 5.91 Å². The number of carbonyl (C=O) groups excluding carboxylic acids is 1. The highest BCUT2D eigenvalue weighted by atomic mass is 16.5. The van der Waals surface area contributed by atoms with Gasteiger partial charge in [-0.2, -0.15) is 0 Å². The molecule has 23 heavy (non-hydrogen) atoms. The van der Waals surface area contributed by atoms with E-state index in [1.807, 2.05) is 24.3 Å². The van der Waals surface area contributed by atoms with Crippen molar-refractivity contribution < 1.29 is 19.0 Å². The molecule has 0 bridgehead atoms. The molecule has 122 valence electrons. The standard InChI is InChI=1S/C18H21NO4/c1-21-11-12-23-17-9-5-15(6-10-17)18(20)19-13-14-3-7-16(22-2)8-4-14/h3-10H,11-13H2,1-2H3,(H,19,20). The van der Waals surface area contributed by atoms with Crippen LogP contribution in [0.1, 0.15) is 15.9 Å². The summed E-state index contributed by atoms with van der Waals surface area (Å²) in [4.78, 5) is 12.1. The van der Waals surface area contributed by atoms with Crippen molar-refractivity contribution in [2.45, 2.75) is 6.54 Å². The molecule has 0 aliphatic heterocycles. The van der Waals surface area contributed by atoms with Gasteiger partial charge in [0.15, 0.2) is 0 Å². The Bertz CT molecular complexity index is 608. The second kappa shape index (κ2) is 8.80. The number of benzene rings is 2. The third kappa shape index (κ3) is 5.30.